The van der Waals surface area contributed by atoms with Crippen LogP contribution in [0.3, 0.4) is 0 Å². The van der Waals surface area contributed by atoms with Gasteiger partial charge in [0.05, 0.1) is 18.9 Å². The second kappa shape index (κ2) is 6.68. The van der Waals surface area contributed by atoms with Gasteiger partial charge in [-0.1, -0.05) is 0 Å². The number of hydrogen-bond donors (Lipinski definition) is 0. The van der Waals surface area contributed by atoms with Gasteiger partial charge < -0.3 is 14.4 Å². The maximum absolute atomic E-state index is 11.8. The van der Waals surface area contributed by atoms with Crippen LogP contribution in [0.2, 0.25) is 0 Å². The fraction of sp³-hybridized carbons (Fsp3) is 0.385. The standard InChI is InChI=1S/C13H14N2O4/c16-10-14-11-1-3-12(4-2-11)19-9-13(17)15-5-7-18-8-6-15/h1-4H,5-9H2. The smallest absolute Gasteiger partial charge is 0.260 e. The molecule has 1 aliphatic rings. The molecule has 0 aromatic heterocycles. The van der Waals surface area contributed by atoms with Gasteiger partial charge in [0.2, 0.25) is 6.08 Å². The second-order valence-corrected chi connectivity index (χ2v) is 3.98. The Labute approximate surface area is 110 Å². The van der Waals surface area contributed by atoms with Crippen molar-refractivity contribution in [2.45, 2.75) is 0 Å². The number of carbonyl (C=O) groups is 1. The fourth-order valence-corrected chi connectivity index (χ4v) is 1.72. The van der Waals surface area contributed by atoms with Crippen LogP contribution in [0.4, 0.5) is 5.69 Å². The number of morpholine rings is 1. The van der Waals surface area contributed by atoms with E-state index in [1.807, 2.05) is 0 Å². The fourth-order valence-electron chi connectivity index (χ4n) is 1.72. The van der Waals surface area contributed by atoms with Crippen molar-refractivity contribution in [1.29, 1.82) is 0 Å². The molecule has 1 saturated heterocycles. The summed E-state index contributed by atoms with van der Waals surface area (Å²) < 4.78 is 10.6. The summed E-state index contributed by atoms with van der Waals surface area (Å²) in [4.78, 5) is 27.1. The minimum atomic E-state index is -0.0571. The van der Waals surface area contributed by atoms with Gasteiger partial charge in [0.1, 0.15) is 5.75 Å². The van der Waals surface area contributed by atoms with Crippen LogP contribution < -0.4 is 4.74 Å². The molecular formula is C13H14N2O4. The molecule has 0 bridgehead atoms. The molecular weight excluding hydrogens is 248 g/mol. The Morgan fingerprint density at radius 3 is 2.63 bits per heavy atom. The molecule has 6 heteroatoms. The molecule has 0 saturated carbocycles. The minimum absolute atomic E-state index is 0.00368. The average molecular weight is 262 g/mol. The van der Waals surface area contributed by atoms with Gasteiger partial charge in [0, 0.05) is 13.1 Å². The SMILES string of the molecule is O=C=Nc1ccc(OCC(=O)N2CCOCC2)cc1. The van der Waals surface area contributed by atoms with Crippen molar-refractivity contribution in [3.8, 4) is 5.75 Å². The van der Waals surface area contributed by atoms with Gasteiger partial charge in [-0.05, 0) is 24.3 Å². The predicted octanol–water partition coefficient (Wildman–Crippen LogP) is 0.891. The Balaban J connectivity index is 1.84. The molecule has 6 nitrogen and oxygen atoms in total. The molecule has 1 aliphatic heterocycles. The highest BCUT2D eigenvalue weighted by Gasteiger charge is 2.16. The Morgan fingerprint density at radius 1 is 1.32 bits per heavy atom. The van der Waals surface area contributed by atoms with E-state index in [1.165, 1.54) is 6.08 Å². The van der Waals surface area contributed by atoms with Crippen LogP contribution in [0.1, 0.15) is 0 Å². The Morgan fingerprint density at radius 2 is 2.00 bits per heavy atom. The topological polar surface area (TPSA) is 68.2 Å². The van der Waals surface area contributed by atoms with E-state index in [0.29, 0.717) is 37.7 Å². The van der Waals surface area contributed by atoms with Gasteiger partial charge in [0.15, 0.2) is 6.61 Å². The number of aliphatic imine (C=N–C) groups is 1. The van der Waals surface area contributed by atoms with Gasteiger partial charge >= 0.3 is 0 Å². The first kappa shape index (κ1) is 13.3. The van der Waals surface area contributed by atoms with Crippen LogP contribution in [0, 0.1) is 0 Å². The van der Waals surface area contributed by atoms with Crippen molar-refractivity contribution in [2.24, 2.45) is 4.99 Å². The minimum Gasteiger partial charge on any atom is -0.484 e. The maximum Gasteiger partial charge on any atom is 0.260 e. The Kier molecular flexibility index (Phi) is 4.66. The number of ether oxygens (including phenoxy) is 2. The molecule has 1 aromatic rings. The molecule has 1 amide bonds. The monoisotopic (exact) mass is 262 g/mol. The third-order valence-corrected chi connectivity index (χ3v) is 2.74. The summed E-state index contributed by atoms with van der Waals surface area (Å²) in [5.41, 5.74) is 0.502. The van der Waals surface area contributed by atoms with Crippen molar-refractivity contribution in [2.75, 3.05) is 32.9 Å². The number of isocyanates is 1. The lowest BCUT2D eigenvalue weighted by Crippen LogP contribution is -2.42. The summed E-state index contributed by atoms with van der Waals surface area (Å²) >= 11 is 0. The van der Waals surface area contributed by atoms with Gasteiger partial charge in [-0.3, -0.25) is 4.79 Å². The largest absolute Gasteiger partial charge is 0.484 e. The zero-order valence-electron chi connectivity index (χ0n) is 10.4. The molecule has 2 rings (SSSR count). The third kappa shape index (κ3) is 3.91. The van der Waals surface area contributed by atoms with Crippen molar-refractivity contribution in [3.63, 3.8) is 0 Å². The molecule has 19 heavy (non-hydrogen) atoms. The summed E-state index contributed by atoms with van der Waals surface area (Å²) in [5, 5.41) is 0. The zero-order valence-corrected chi connectivity index (χ0v) is 10.4. The van der Waals surface area contributed by atoms with E-state index in [4.69, 9.17) is 9.47 Å². The number of nitrogens with zero attached hydrogens (tertiary/aromatic N) is 2. The Bertz CT molecular complexity index is 474. The van der Waals surface area contributed by atoms with Crippen molar-refractivity contribution in [3.05, 3.63) is 24.3 Å². The van der Waals surface area contributed by atoms with E-state index in [9.17, 15) is 9.59 Å². The lowest BCUT2D eigenvalue weighted by Gasteiger charge is -2.26. The number of benzene rings is 1. The van der Waals surface area contributed by atoms with Crippen LogP contribution in [0.25, 0.3) is 0 Å². The molecule has 1 aromatic carbocycles. The summed E-state index contributed by atoms with van der Waals surface area (Å²) in [6.45, 7) is 2.36. The highest BCUT2D eigenvalue weighted by Crippen LogP contribution is 2.17. The number of hydrogen-bond acceptors (Lipinski definition) is 5. The zero-order chi connectivity index (χ0) is 13.5. The molecule has 0 aliphatic carbocycles. The van der Waals surface area contributed by atoms with Crippen LogP contribution in [-0.4, -0.2) is 49.8 Å². The van der Waals surface area contributed by atoms with Crippen molar-refractivity contribution < 1.29 is 19.1 Å². The first-order chi connectivity index (χ1) is 9.29. The number of rotatable bonds is 4. The van der Waals surface area contributed by atoms with E-state index in [2.05, 4.69) is 4.99 Å². The van der Waals surface area contributed by atoms with Crippen molar-refractivity contribution in [1.82, 2.24) is 4.90 Å². The molecule has 1 heterocycles. The summed E-state index contributed by atoms with van der Waals surface area (Å²) in [5.74, 6) is 0.504. The van der Waals surface area contributed by atoms with Crippen molar-refractivity contribution >= 4 is 17.7 Å². The molecule has 0 N–H and O–H groups in total. The Hall–Kier alpha value is -2.17. The molecule has 0 unspecified atom stereocenters. The third-order valence-electron chi connectivity index (χ3n) is 2.74. The molecule has 0 atom stereocenters. The summed E-state index contributed by atoms with van der Waals surface area (Å²) in [6.07, 6.45) is 1.46. The number of carbonyl (C=O) groups excluding carboxylic acids is 2. The summed E-state index contributed by atoms with van der Waals surface area (Å²) in [6, 6.07) is 6.56. The predicted molar refractivity (Wildman–Crippen MR) is 67.1 cm³/mol. The molecule has 0 spiro atoms. The molecule has 0 radical (unpaired) electrons. The van der Waals surface area contributed by atoms with Crippen LogP contribution in [0.5, 0.6) is 5.75 Å². The van der Waals surface area contributed by atoms with Crippen LogP contribution >= 0.6 is 0 Å². The summed E-state index contributed by atoms with van der Waals surface area (Å²) in [7, 11) is 0. The lowest BCUT2D eigenvalue weighted by molar-refractivity contribution is -0.137. The maximum atomic E-state index is 11.8. The normalized spacial score (nSPS) is 14.6. The van der Waals surface area contributed by atoms with Gasteiger partial charge in [-0.25, -0.2) is 4.79 Å². The van der Waals surface area contributed by atoms with Gasteiger partial charge in [-0.15, -0.1) is 0 Å². The van der Waals surface area contributed by atoms with E-state index < -0.39 is 0 Å². The lowest BCUT2D eigenvalue weighted by atomic mass is 10.3. The van der Waals surface area contributed by atoms with E-state index >= 15 is 0 Å². The van der Waals surface area contributed by atoms with Crippen LogP contribution in [0.15, 0.2) is 29.3 Å². The van der Waals surface area contributed by atoms with Crippen LogP contribution in [-0.2, 0) is 14.3 Å². The quantitative estimate of drug-likeness (QED) is 0.597. The van der Waals surface area contributed by atoms with E-state index in [1.54, 1.807) is 29.2 Å². The average Bonchev–Trinajstić information content (AvgIpc) is 2.47. The highest BCUT2D eigenvalue weighted by atomic mass is 16.5. The van der Waals surface area contributed by atoms with Gasteiger partial charge in [0.25, 0.3) is 5.91 Å². The first-order valence-electron chi connectivity index (χ1n) is 5.96. The van der Waals surface area contributed by atoms with E-state index in [0.717, 1.165) is 0 Å². The van der Waals surface area contributed by atoms with Gasteiger partial charge in [-0.2, -0.15) is 4.99 Å². The molecule has 1 fully saturated rings. The molecule has 100 valence electrons. The second-order valence-electron chi connectivity index (χ2n) is 3.98. The van der Waals surface area contributed by atoms with E-state index in [-0.39, 0.29) is 12.5 Å². The number of amides is 1. The first-order valence-corrected chi connectivity index (χ1v) is 5.96. The highest BCUT2D eigenvalue weighted by molar-refractivity contribution is 5.77.